The predicted octanol–water partition coefficient (Wildman–Crippen LogP) is 0.989. The van der Waals surface area contributed by atoms with Gasteiger partial charge >= 0.3 is 5.97 Å². The molecule has 1 aromatic heterocycles. The lowest BCUT2D eigenvalue weighted by Crippen LogP contribution is -2.39. The number of hydrogen-bond donors (Lipinski definition) is 3. The van der Waals surface area contributed by atoms with Crippen LogP contribution in [-0.4, -0.2) is 34.2 Å². The average molecular weight is 275 g/mol. The number of phenols is 1. The molecule has 0 radical (unpaired) electrons. The highest BCUT2D eigenvalue weighted by Crippen LogP contribution is 2.15. The molecule has 1 heterocycles. The molecule has 6 nitrogen and oxygen atoms in total. The smallest absolute Gasteiger partial charge is 0.323 e. The number of H-pyrrole nitrogens is 1. The zero-order chi connectivity index (χ0) is 14.4. The van der Waals surface area contributed by atoms with Gasteiger partial charge in [0.1, 0.15) is 11.8 Å². The third kappa shape index (κ3) is 3.58. The highest BCUT2D eigenvalue weighted by Gasteiger charge is 2.20. The Kier molecular flexibility index (Phi) is 4.73. The van der Waals surface area contributed by atoms with E-state index in [0.29, 0.717) is 13.0 Å². The summed E-state index contributed by atoms with van der Waals surface area (Å²) in [6.45, 7) is 0.376. The molecular formula is C14H17N3O3. The highest BCUT2D eigenvalue weighted by atomic mass is 16.5. The number of carbonyl (C=O) groups is 1. The number of nitrogens with one attached hydrogen (secondary N) is 2. The Bertz CT molecular complexity index is 555. The van der Waals surface area contributed by atoms with Crippen LogP contribution in [0, 0.1) is 0 Å². The number of imidazole rings is 1. The van der Waals surface area contributed by atoms with E-state index in [1.54, 1.807) is 30.7 Å². The molecule has 0 spiro atoms. The van der Waals surface area contributed by atoms with E-state index in [4.69, 9.17) is 4.74 Å². The normalized spacial score (nSPS) is 12.1. The number of benzene rings is 1. The lowest BCUT2D eigenvalue weighted by molar-refractivity contribution is -0.143. The van der Waals surface area contributed by atoms with E-state index in [-0.39, 0.29) is 11.7 Å². The Morgan fingerprint density at radius 2 is 2.30 bits per heavy atom. The third-order valence-electron chi connectivity index (χ3n) is 3.00. The summed E-state index contributed by atoms with van der Waals surface area (Å²) in [5.41, 5.74) is 1.57. The van der Waals surface area contributed by atoms with Crippen molar-refractivity contribution in [3.8, 4) is 5.75 Å². The van der Waals surface area contributed by atoms with Crippen LogP contribution in [0.15, 0.2) is 36.8 Å². The number of esters is 1. The molecule has 2 rings (SSSR count). The van der Waals surface area contributed by atoms with E-state index >= 15 is 0 Å². The zero-order valence-corrected chi connectivity index (χ0v) is 11.2. The molecule has 6 heteroatoms. The van der Waals surface area contributed by atoms with Gasteiger partial charge in [0.2, 0.25) is 0 Å². The Morgan fingerprint density at radius 1 is 1.50 bits per heavy atom. The molecule has 1 aromatic carbocycles. The fourth-order valence-electron chi connectivity index (χ4n) is 1.89. The monoisotopic (exact) mass is 275 g/mol. The number of aromatic nitrogens is 2. The number of rotatable bonds is 6. The standard InChI is InChI=1S/C14H17N3O3/c1-20-14(19)12(6-11-8-15-9-17-11)16-7-10-4-2-3-5-13(10)18/h2-5,8-9,12,16,18H,6-7H2,1H3,(H,15,17)/t12-/m0/s1. The van der Waals surface area contributed by atoms with Crippen LogP contribution >= 0.6 is 0 Å². The van der Waals surface area contributed by atoms with Gasteiger partial charge in [-0.3, -0.25) is 10.1 Å². The first-order chi connectivity index (χ1) is 9.70. The van der Waals surface area contributed by atoms with Crippen molar-refractivity contribution >= 4 is 5.97 Å². The molecule has 0 aliphatic heterocycles. The van der Waals surface area contributed by atoms with Crippen LogP contribution in [-0.2, 0) is 22.5 Å². The Labute approximate surface area is 116 Å². The van der Waals surface area contributed by atoms with Crippen LogP contribution in [0.2, 0.25) is 0 Å². The molecule has 0 saturated heterocycles. The highest BCUT2D eigenvalue weighted by molar-refractivity contribution is 5.76. The molecule has 20 heavy (non-hydrogen) atoms. The van der Waals surface area contributed by atoms with Crippen molar-refractivity contribution in [3.63, 3.8) is 0 Å². The lowest BCUT2D eigenvalue weighted by Gasteiger charge is -2.16. The molecule has 0 bridgehead atoms. The van der Waals surface area contributed by atoms with Crippen LogP contribution in [0.25, 0.3) is 0 Å². The van der Waals surface area contributed by atoms with Crippen molar-refractivity contribution < 1.29 is 14.6 Å². The number of para-hydroxylation sites is 1. The quantitative estimate of drug-likeness (QED) is 0.684. The minimum Gasteiger partial charge on any atom is -0.508 e. The first-order valence-corrected chi connectivity index (χ1v) is 6.26. The summed E-state index contributed by atoms with van der Waals surface area (Å²) >= 11 is 0. The van der Waals surface area contributed by atoms with Crippen molar-refractivity contribution in [2.24, 2.45) is 0 Å². The summed E-state index contributed by atoms with van der Waals surface area (Å²) in [5.74, 6) is -0.153. The van der Waals surface area contributed by atoms with Crippen molar-refractivity contribution in [3.05, 3.63) is 48.0 Å². The van der Waals surface area contributed by atoms with Gasteiger partial charge in [-0.15, -0.1) is 0 Å². The van der Waals surface area contributed by atoms with E-state index in [1.807, 2.05) is 6.07 Å². The van der Waals surface area contributed by atoms with Gasteiger partial charge in [0.25, 0.3) is 0 Å². The fourth-order valence-corrected chi connectivity index (χ4v) is 1.89. The van der Waals surface area contributed by atoms with E-state index in [2.05, 4.69) is 15.3 Å². The van der Waals surface area contributed by atoms with E-state index in [0.717, 1.165) is 11.3 Å². The van der Waals surface area contributed by atoms with E-state index < -0.39 is 6.04 Å². The van der Waals surface area contributed by atoms with Crippen molar-refractivity contribution in [1.29, 1.82) is 0 Å². The Balaban J connectivity index is 2.01. The third-order valence-corrected chi connectivity index (χ3v) is 3.00. The van der Waals surface area contributed by atoms with Gasteiger partial charge in [0, 0.05) is 30.4 Å². The second kappa shape index (κ2) is 6.72. The number of aromatic amines is 1. The Morgan fingerprint density at radius 3 is 2.95 bits per heavy atom. The van der Waals surface area contributed by atoms with Crippen LogP contribution in [0.4, 0.5) is 0 Å². The molecule has 1 atom stereocenters. The second-order valence-corrected chi connectivity index (χ2v) is 4.37. The fraction of sp³-hybridized carbons (Fsp3) is 0.286. The number of aromatic hydroxyl groups is 1. The number of hydrogen-bond acceptors (Lipinski definition) is 5. The SMILES string of the molecule is COC(=O)[C@H](Cc1cnc[nH]1)NCc1ccccc1O. The number of ether oxygens (including phenoxy) is 1. The topological polar surface area (TPSA) is 87.2 Å². The van der Waals surface area contributed by atoms with Crippen molar-refractivity contribution in [2.45, 2.75) is 19.0 Å². The second-order valence-electron chi connectivity index (χ2n) is 4.37. The summed E-state index contributed by atoms with van der Waals surface area (Å²) in [4.78, 5) is 18.6. The van der Waals surface area contributed by atoms with Gasteiger partial charge in [0.05, 0.1) is 13.4 Å². The maximum Gasteiger partial charge on any atom is 0.323 e. The Hall–Kier alpha value is -2.34. The number of nitrogens with zero attached hydrogens (tertiary/aromatic N) is 1. The molecule has 0 unspecified atom stereocenters. The minimum atomic E-state index is -0.500. The van der Waals surface area contributed by atoms with E-state index in [1.165, 1.54) is 7.11 Å². The van der Waals surface area contributed by atoms with Gasteiger partial charge < -0.3 is 14.8 Å². The predicted molar refractivity (Wildman–Crippen MR) is 73.0 cm³/mol. The first-order valence-electron chi connectivity index (χ1n) is 6.26. The molecule has 2 aromatic rings. The summed E-state index contributed by atoms with van der Waals surface area (Å²) in [7, 11) is 1.35. The number of carbonyl (C=O) groups excluding carboxylic acids is 1. The summed E-state index contributed by atoms with van der Waals surface area (Å²) < 4.78 is 4.78. The molecule has 3 N–H and O–H groups in total. The van der Waals surface area contributed by atoms with Crippen LogP contribution in [0.1, 0.15) is 11.3 Å². The molecule has 106 valence electrons. The maximum absolute atomic E-state index is 11.8. The molecule has 0 fully saturated rings. The van der Waals surface area contributed by atoms with Gasteiger partial charge in [-0.2, -0.15) is 0 Å². The van der Waals surface area contributed by atoms with Gasteiger partial charge in [-0.25, -0.2) is 4.98 Å². The van der Waals surface area contributed by atoms with Crippen LogP contribution in [0.5, 0.6) is 5.75 Å². The van der Waals surface area contributed by atoms with Gasteiger partial charge in [0.15, 0.2) is 0 Å². The molecular weight excluding hydrogens is 258 g/mol. The van der Waals surface area contributed by atoms with Crippen molar-refractivity contribution in [1.82, 2.24) is 15.3 Å². The van der Waals surface area contributed by atoms with Crippen LogP contribution in [0.3, 0.4) is 0 Å². The molecule has 0 amide bonds. The van der Waals surface area contributed by atoms with Crippen molar-refractivity contribution in [2.75, 3.05) is 7.11 Å². The minimum absolute atomic E-state index is 0.199. The largest absolute Gasteiger partial charge is 0.508 e. The molecule has 0 aliphatic carbocycles. The van der Waals surface area contributed by atoms with Gasteiger partial charge in [-0.05, 0) is 6.07 Å². The van der Waals surface area contributed by atoms with Crippen LogP contribution < -0.4 is 5.32 Å². The summed E-state index contributed by atoms with van der Waals surface area (Å²) in [6.07, 6.45) is 3.67. The zero-order valence-electron chi connectivity index (χ0n) is 11.2. The summed E-state index contributed by atoms with van der Waals surface area (Å²) in [5, 5.41) is 12.8. The van der Waals surface area contributed by atoms with E-state index in [9.17, 15) is 9.90 Å². The first kappa shape index (κ1) is 14.1. The van der Waals surface area contributed by atoms with Gasteiger partial charge in [-0.1, -0.05) is 18.2 Å². The molecule has 0 saturated carbocycles. The number of phenolic OH excluding ortho intramolecular Hbond substituents is 1. The molecule has 0 aliphatic rings. The average Bonchev–Trinajstić information content (AvgIpc) is 2.97. The maximum atomic E-state index is 11.8. The number of methoxy groups -OCH3 is 1. The summed E-state index contributed by atoms with van der Waals surface area (Å²) in [6, 6.07) is 6.49. The lowest BCUT2D eigenvalue weighted by atomic mass is 10.1.